The lowest BCUT2D eigenvalue weighted by Crippen LogP contribution is -2.25. The van der Waals surface area contributed by atoms with Crippen molar-refractivity contribution in [1.29, 1.82) is 0 Å². The van der Waals surface area contributed by atoms with E-state index in [1.54, 1.807) is 0 Å². The minimum atomic E-state index is -0.397. The Morgan fingerprint density at radius 2 is 0.677 bits per heavy atom. The molecule has 0 saturated heterocycles. The van der Waals surface area contributed by atoms with Crippen LogP contribution < -0.4 is 0 Å². The van der Waals surface area contributed by atoms with Crippen LogP contribution in [0, 0.1) is 0 Å². The molecule has 0 bridgehead atoms. The highest BCUT2D eigenvalue weighted by molar-refractivity contribution is 8.03. The van der Waals surface area contributed by atoms with E-state index in [4.69, 9.17) is 0 Å². The Kier molecular flexibility index (Phi) is 14.1. The zero-order chi connectivity index (χ0) is 44.1. The number of phenolic OH excluding ortho intramolecular Hbond substituents is 2. The zero-order valence-corrected chi connectivity index (χ0v) is 40.0. The molecule has 1 aliphatic rings. The molecule has 62 heavy (non-hydrogen) atoms. The molecule has 0 radical (unpaired) electrons. The maximum atomic E-state index is 12.3. The Hall–Kier alpha value is -4.38. The van der Waals surface area contributed by atoms with Crippen LogP contribution in [0.25, 0.3) is 0 Å². The van der Waals surface area contributed by atoms with Crippen molar-refractivity contribution in [3.05, 3.63) is 201 Å². The van der Waals surface area contributed by atoms with E-state index in [9.17, 15) is 10.2 Å². The summed E-state index contributed by atoms with van der Waals surface area (Å²) in [7, 11) is 0. The molecule has 7 rings (SSSR count). The summed E-state index contributed by atoms with van der Waals surface area (Å²) >= 11 is 4.06. The molecule has 0 heterocycles. The highest BCUT2D eigenvalue weighted by Crippen LogP contribution is 2.48. The van der Waals surface area contributed by atoms with Crippen LogP contribution >= 0.6 is 23.5 Å². The van der Waals surface area contributed by atoms with Gasteiger partial charge in [0.1, 0.15) is 11.5 Å². The third kappa shape index (κ3) is 9.73. The van der Waals surface area contributed by atoms with Crippen molar-refractivity contribution in [2.24, 2.45) is 0 Å². The summed E-state index contributed by atoms with van der Waals surface area (Å²) in [5.74, 6) is 2.33. The van der Waals surface area contributed by atoms with Gasteiger partial charge >= 0.3 is 0 Å². The average molecular weight is 861 g/mol. The van der Waals surface area contributed by atoms with Crippen molar-refractivity contribution in [1.82, 2.24) is 0 Å². The first-order chi connectivity index (χ1) is 29.6. The van der Waals surface area contributed by atoms with Gasteiger partial charge in [-0.2, -0.15) is 23.5 Å². The second kappa shape index (κ2) is 19.2. The van der Waals surface area contributed by atoms with Gasteiger partial charge in [0.2, 0.25) is 0 Å². The zero-order valence-electron chi connectivity index (χ0n) is 38.4. The van der Waals surface area contributed by atoms with E-state index < -0.39 is 10.8 Å². The van der Waals surface area contributed by atoms with E-state index in [1.165, 1.54) is 59.1 Å². The Labute approximate surface area is 382 Å². The van der Waals surface area contributed by atoms with Gasteiger partial charge in [0, 0.05) is 65.9 Å². The third-order valence-corrected chi connectivity index (χ3v) is 17.3. The standard InChI is InChI=1S/C58H68O2S2/c1-55(2,43-25-15-11-16-26-43)47-35-41(53(59)49(37-47)57(5,6)45-29-19-13-20-30-45)39-61-51-33-23-9-10-24-34-52(51)62-40-42-36-48(56(3,4)44-27-17-12-18-28-44)38-50(54(42)60)58(7,8)46-31-21-14-22-32-46/h11-22,25-32,35-38,51-52,59-60H,9-10,23-24,33-34,39-40H2,1-8H3. The topological polar surface area (TPSA) is 40.5 Å². The molecule has 1 fully saturated rings. The van der Waals surface area contributed by atoms with Gasteiger partial charge in [-0.3, -0.25) is 0 Å². The largest absolute Gasteiger partial charge is 0.507 e. The van der Waals surface area contributed by atoms with Crippen LogP contribution in [-0.2, 0) is 33.2 Å². The third-order valence-electron chi connectivity index (χ3n) is 14.2. The first-order valence-corrected chi connectivity index (χ1v) is 24.9. The maximum Gasteiger partial charge on any atom is 0.123 e. The molecule has 1 saturated carbocycles. The molecular formula is C58H68O2S2. The Balaban J connectivity index is 1.22. The number of aromatic hydroxyl groups is 2. The van der Waals surface area contributed by atoms with Gasteiger partial charge in [0.25, 0.3) is 0 Å². The normalized spacial score (nSPS) is 16.7. The van der Waals surface area contributed by atoms with Gasteiger partial charge in [0.15, 0.2) is 0 Å². The number of thioether (sulfide) groups is 2. The first-order valence-electron chi connectivity index (χ1n) is 22.8. The van der Waals surface area contributed by atoms with Gasteiger partial charge in [-0.15, -0.1) is 0 Å². The van der Waals surface area contributed by atoms with Crippen molar-refractivity contribution in [3.63, 3.8) is 0 Å². The predicted octanol–water partition coefficient (Wildman–Crippen LogP) is 15.7. The Bertz CT molecular complexity index is 2210. The van der Waals surface area contributed by atoms with Crippen molar-refractivity contribution in [3.8, 4) is 11.5 Å². The van der Waals surface area contributed by atoms with Crippen LogP contribution in [0.3, 0.4) is 0 Å². The summed E-state index contributed by atoms with van der Waals surface area (Å²) in [5.41, 5.74) is 10.0. The summed E-state index contributed by atoms with van der Waals surface area (Å²) in [5, 5.41) is 25.5. The summed E-state index contributed by atoms with van der Waals surface area (Å²) in [6, 6.07) is 51.9. The second-order valence-corrected chi connectivity index (χ2v) is 22.2. The van der Waals surface area contributed by atoms with Crippen LogP contribution in [-0.4, -0.2) is 20.7 Å². The molecule has 324 valence electrons. The van der Waals surface area contributed by atoms with E-state index in [0.29, 0.717) is 22.0 Å². The Morgan fingerprint density at radius 1 is 0.387 bits per heavy atom. The molecule has 6 aromatic rings. The fourth-order valence-electron chi connectivity index (χ4n) is 9.54. The highest BCUT2D eigenvalue weighted by atomic mass is 32.2. The molecule has 1 aliphatic carbocycles. The van der Waals surface area contributed by atoms with Crippen LogP contribution in [0.1, 0.15) is 150 Å². The van der Waals surface area contributed by atoms with E-state index in [2.05, 4.69) is 201 Å². The van der Waals surface area contributed by atoms with E-state index >= 15 is 0 Å². The van der Waals surface area contributed by atoms with E-state index in [-0.39, 0.29) is 10.8 Å². The molecule has 0 aromatic heterocycles. The van der Waals surface area contributed by atoms with Gasteiger partial charge in [-0.1, -0.05) is 227 Å². The van der Waals surface area contributed by atoms with Crippen molar-refractivity contribution >= 4 is 23.5 Å². The number of benzene rings is 6. The lowest BCUT2D eigenvalue weighted by atomic mass is 9.72. The van der Waals surface area contributed by atoms with Gasteiger partial charge in [-0.05, 0) is 46.2 Å². The molecule has 2 unspecified atom stereocenters. The van der Waals surface area contributed by atoms with Gasteiger partial charge in [-0.25, -0.2) is 0 Å². The van der Waals surface area contributed by atoms with Crippen LogP contribution in [0.15, 0.2) is 146 Å². The van der Waals surface area contributed by atoms with Gasteiger partial charge in [0.05, 0.1) is 0 Å². The molecule has 0 spiro atoms. The average Bonchev–Trinajstić information content (AvgIpc) is 3.27. The quantitative estimate of drug-likeness (QED) is 0.114. The molecular weight excluding hydrogens is 793 g/mol. The van der Waals surface area contributed by atoms with Crippen LogP contribution in [0.2, 0.25) is 0 Å². The number of rotatable bonds is 14. The van der Waals surface area contributed by atoms with Crippen molar-refractivity contribution < 1.29 is 10.2 Å². The number of hydrogen-bond donors (Lipinski definition) is 2. The number of phenols is 2. The monoisotopic (exact) mass is 860 g/mol. The number of hydrogen-bond acceptors (Lipinski definition) is 4. The summed E-state index contributed by atoms with van der Waals surface area (Å²) in [6.45, 7) is 18.2. The van der Waals surface area contributed by atoms with Crippen LogP contribution in [0.5, 0.6) is 11.5 Å². The summed E-state index contributed by atoms with van der Waals surface area (Å²) in [4.78, 5) is 0. The minimum absolute atomic E-state index is 0.256. The fourth-order valence-corrected chi connectivity index (χ4v) is 12.6. The summed E-state index contributed by atoms with van der Waals surface area (Å²) in [6.07, 6.45) is 7.28. The molecule has 6 aromatic carbocycles. The van der Waals surface area contributed by atoms with Crippen molar-refractivity contribution in [2.75, 3.05) is 0 Å². The fraction of sp³-hybridized carbons (Fsp3) is 0.379. The predicted molar refractivity (Wildman–Crippen MR) is 268 cm³/mol. The lowest BCUT2D eigenvalue weighted by Gasteiger charge is -2.34. The maximum absolute atomic E-state index is 12.3. The molecule has 0 amide bonds. The first kappa shape index (κ1) is 45.6. The van der Waals surface area contributed by atoms with Crippen LogP contribution in [0.4, 0.5) is 0 Å². The van der Waals surface area contributed by atoms with Gasteiger partial charge < -0.3 is 10.2 Å². The molecule has 2 atom stereocenters. The summed E-state index contributed by atoms with van der Waals surface area (Å²) < 4.78 is 0. The molecule has 0 aliphatic heterocycles. The SMILES string of the molecule is CC(C)(c1ccccc1)c1cc(CSC2CCCCCCC2SCc2cc(C(C)(C)c3ccccc3)cc(C(C)(C)c3ccccc3)c2O)c(O)c(C(C)(C)c2ccccc2)c1. The highest BCUT2D eigenvalue weighted by Gasteiger charge is 2.35. The Morgan fingerprint density at radius 3 is 0.984 bits per heavy atom. The second-order valence-electron chi connectivity index (χ2n) is 19.7. The molecule has 2 N–H and O–H groups in total. The lowest BCUT2D eigenvalue weighted by molar-refractivity contribution is 0.446. The van der Waals surface area contributed by atoms with Crippen molar-refractivity contribution in [2.45, 2.75) is 138 Å². The minimum Gasteiger partial charge on any atom is -0.507 e. The van der Waals surface area contributed by atoms with E-state index in [1.807, 2.05) is 23.5 Å². The molecule has 4 heteroatoms. The molecule has 2 nitrogen and oxygen atoms in total. The smallest absolute Gasteiger partial charge is 0.123 e. The van der Waals surface area contributed by atoms with E-state index in [0.717, 1.165) is 46.6 Å².